The minimum absolute atomic E-state index is 0.497. The summed E-state index contributed by atoms with van der Waals surface area (Å²) >= 11 is 3.52. The highest BCUT2D eigenvalue weighted by atomic mass is 79.9. The third kappa shape index (κ3) is 2.96. The molecule has 2 aliphatic rings. The molecule has 0 heterocycles. The van der Waals surface area contributed by atoms with E-state index < -0.39 is 0 Å². The average molecular weight is 336 g/mol. The van der Waals surface area contributed by atoms with Gasteiger partial charge in [0.05, 0.1) is 0 Å². The Morgan fingerprint density at radius 1 is 1.20 bits per heavy atom. The van der Waals surface area contributed by atoms with Crippen LogP contribution in [0.2, 0.25) is 0 Å². The van der Waals surface area contributed by atoms with Crippen molar-refractivity contribution >= 4 is 15.9 Å². The van der Waals surface area contributed by atoms with E-state index in [0.29, 0.717) is 12.1 Å². The van der Waals surface area contributed by atoms with E-state index in [1.807, 2.05) is 0 Å². The Morgan fingerprint density at radius 3 is 2.50 bits per heavy atom. The van der Waals surface area contributed by atoms with Crippen LogP contribution >= 0.6 is 15.9 Å². The zero-order valence-electron chi connectivity index (χ0n) is 12.6. The van der Waals surface area contributed by atoms with Gasteiger partial charge in [-0.2, -0.15) is 0 Å². The topological polar surface area (TPSA) is 12.0 Å². The van der Waals surface area contributed by atoms with Crippen LogP contribution in [0.4, 0.5) is 0 Å². The minimum Gasteiger partial charge on any atom is -0.307 e. The molecule has 5 unspecified atom stereocenters. The Bertz CT molecular complexity index is 441. The van der Waals surface area contributed by atoms with Crippen LogP contribution in [0.1, 0.15) is 57.6 Å². The van der Waals surface area contributed by atoms with Gasteiger partial charge in [0.2, 0.25) is 0 Å². The second-order valence-corrected chi connectivity index (χ2v) is 7.72. The van der Waals surface area contributed by atoms with Crippen molar-refractivity contribution in [2.45, 2.75) is 58.0 Å². The molecular formula is C18H26BrN. The van der Waals surface area contributed by atoms with Crippen LogP contribution in [0.5, 0.6) is 0 Å². The largest absolute Gasteiger partial charge is 0.307 e. The molecule has 2 saturated carbocycles. The normalized spacial score (nSPS) is 31.4. The lowest BCUT2D eigenvalue weighted by atomic mass is 9.83. The second-order valence-electron chi connectivity index (χ2n) is 6.81. The summed E-state index contributed by atoms with van der Waals surface area (Å²) < 4.78 is 1.16. The lowest BCUT2D eigenvalue weighted by molar-refractivity contribution is 0.243. The summed E-state index contributed by atoms with van der Waals surface area (Å²) in [5.41, 5.74) is 1.42. The maximum Gasteiger partial charge on any atom is 0.0320 e. The molecule has 1 aromatic carbocycles. The highest BCUT2D eigenvalue weighted by molar-refractivity contribution is 9.10. The van der Waals surface area contributed by atoms with Crippen LogP contribution in [0.15, 0.2) is 28.7 Å². The number of fused-ring (bicyclic) bond motifs is 2. The first-order valence-electron chi connectivity index (χ1n) is 8.19. The predicted octanol–water partition coefficient (Wildman–Crippen LogP) is 5.31. The first-order chi connectivity index (χ1) is 9.67. The zero-order valence-corrected chi connectivity index (χ0v) is 14.2. The molecular weight excluding hydrogens is 310 g/mol. The Hall–Kier alpha value is -0.340. The molecule has 2 aliphatic carbocycles. The Balaban J connectivity index is 1.64. The van der Waals surface area contributed by atoms with Crippen molar-refractivity contribution in [2.24, 2.45) is 17.8 Å². The highest BCUT2D eigenvalue weighted by Gasteiger charge is 2.41. The molecule has 2 bridgehead atoms. The molecule has 20 heavy (non-hydrogen) atoms. The lowest BCUT2D eigenvalue weighted by Gasteiger charge is -2.32. The second kappa shape index (κ2) is 6.19. The van der Waals surface area contributed by atoms with Gasteiger partial charge in [0.15, 0.2) is 0 Å². The van der Waals surface area contributed by atoms with Gasteiger partial charge in [-0.05, 0) is 68.1 Å². The zero-order chi connectivity index (χ0) is 14.1. The molecule has 2 fully saturated rings. The van der Waals surface area contributed by atoms with Crippen LogP contribution in [0.3, 0.4) is 0 Å². The van der Waals surface area contributed by atoms with Crippen LogP contribution in [-0.4, -0.2) is 6.04 Å². The van der Waals surface area contributed by atoms with Crippen LogP contribution < -0.4 is 5.32 Å². The van der Waals surface area contributed by atoms with Crippen LogP contribution in [0.25, 0.3) is 0 Å². The molecule has 0 saturated heterocycles. The predicted molar refractivity (Wildman–Crippen MR) is 88.7 cm³/mol. The molecule has 1 aromatic rings. The van der Waals surface area contributed by atoms with Gasteiger partial charge in [0.25, 0.3) is 0 Å². The van der Waals surface area contributed by atoms with Gasteiger partial charge in [-0.3, -0.25) is 0 Å². The molecule has 110 valence electrons. The molecule has 0 radical (unpaired) electrons. The molecule has 0 aliphatic heterocycles. The van der Waals surface area contributed by atoms with Crippen LogP contribution in [-0.2, 0) is 0 Å². The van der Waals surface area contributed by atoms with E-state index in [-0.39, 0.29) is 0 Å². The Kier molecular flexibility index (Phi) is 4.52. The standard InChI is InChI=1S/C18H26BrN/c1-3-18(14-6-8-16(19)9-7-14)20-12(2)17-11-13-4-5-15(17)10-13/h6-9,12-13,15,17-18,20H,3-5,10-11H2,1-2H3. The maximum absolute atomic E-state index is 3.91. The fraction of sp³-hybridized carbons (Fsp3) is 0.667. The molecule has 5 atom stereocenters. The number of halogens is 1. The number of hydrogen-bond acceptors (Lipinski definition) is 1. The number of hydrogen-bond donors (Lipinski definition) is 1. The van der Waals surface area contributed by atoms with Crippen molar-refractivity contribution in [1.29, 1.82) is 0 Å². The molecule has 2 heteroatoms. The summed E-state index contributed by atoms with van der Waals surface area (Å²) in [5.74, 6) is 2.96. The minimum atomic E-state index is 0.497. The third-order valence-electron chi connectivity index (χ3n) is 5.58. The molecule has 3 rings (SSSR count). The Morgan fingerprint density at radius 2 is 1.95 bits per heavy atom. The SMILES string of the molecule is CCC(NC(C)C1CC2CCC1C2)c1ccc(Br)cc1. The smallest absolute Gasteiger partial charge is 0.0320 e. The van der Waals surface area contributed by atoms with Crippen molar-refractivity contribution in [3.8, 4) is 0 Å². The van der Waals surface area contributed by atoms with E-state index in [2.05, 4.69) is 59.4 Å². The quantitative estimate of drug-likeness (QED) is 0.768. The maximum atomic E-state index is 3.91. The summed E-state index contributed by atoms with van der Waals surface area (Å²) in [6.45, 7) is 4.69. The van der Waals surface area contributed by atoms with Crippen molar-refractivity contribution in [1.82, 2.24) is 5.32 Å². The fourth-order valence-electron chi connectivity index (χ4n) is 4.49. The molecule has 0 amide bonds. The van der Waals surface area contributed by atoms with Crippen LogP contribution in [0, 0.1) is 17.8 Å². The van der Waals surface area contributed by atoms with Gasteiger partial charge in [-0.15, -0.1) is 0 Å². The van der Waals surface area contributed by atoms with E-state index in [1.54, 1.807) is 0 Å². The summed E-state index contributed by atoms with van der Waals surface area (Å²) in [6.07, 6.45) is 7.11. The Labute approximate surface area is 131 Å². The van der Waals surface area contributed by atoms with E-state index in [9.17, 15) is 0 Å². The number of benzene rings is 1. The monoisotopic (exact) mass is 335 g/mol. The summed E-state index contributed by atoms with van der Waals surface area (Å²) in [4.78, 5) is 0. The van der Waals surface area contributed by atoms with Crippen molar-refractivity contribution in [3.05, 3.63) is 34.3 Å². The van der Waals surface area contributed by atoms with Gasteiger partial charge in [-0.1, -0.05) is 41.4 Å². The van der Waals surface area contributed by atoms with E-state index in [1.165, 1.54) is 31.2 Å². The molecule has 0 aromatic heterocycles. The molecule has 1 nitrogen and oxygen atoms in total. The van der Waals surface area contributed by atoms with E-state index in [4.69, 9.17) is 0 Å². The van der Waals surface area contributed by atoms with Crippen molar-refractivity contribution in [3.63, 3.8) is 0 Å². The number of rotatable bonds is 5. The van der Waals surface area contributed by atoms with Gasteiger partial charge in [0.1, 0.15) is 0 Å². The molecule has 1 N–H and O–H groups in total. The first kappa shape index (κ1) is 14.6. The average Bonchev–Trinajstić information content (AvgIpc) is 3.08. The first-order valence-corrected chi connectivity index (χ1v) is 8.98. The summed E-state index contributed by atoms with van der Waals surface area (Å²) in [6, 6.07) is 9.96. The summed E-state index contributed by atoms with van der Waals surface area (Å²) in [7, 11) is 0. The van der Waals surface area contributed by atoms with Gasteiger partial charge >= 0.3 is 0 Å². The van der Waals surface area contributed by atoms with E-state index >= 15 is 0 Å². The highest BCUT2D eigenvalue weighted by Crippen LogP contribution is 2.49. The van der Waals surface area contributed by atoms with Gasteiger partial charge < -0.3 is 5.32 Å². The molecule has 0 spiro atoms. The lowest BCUT2D eigenvalue weighted by Crippen LogP contribution is -2.38. The third-order valence-corrected chi connectivity index (χ3v) is 6.11. The van der Waals surface area contributed by atoms with Gasteiger partial charge in [0, 0.05) is 16.6 Å². The van der Waals surface area contributed by atoms with Crippen molar-refractivity contribution in [2.75, 3.05) is 0 Å². The fourth-order valence-corrected chi connectivity index (χ4v) is 4.76. The number of nitrogens with one attached hydrogen (secondary N) is 1. The van der Waals surface area contributed by atoms with Crippen molar-refractivity contribution < 1.29 is 0 Å². The summed E-state index contributed by atoms with van der Waals surface area (Å²) in [5, 5.41) is 3.91. The van der Waals surface area contributed by atoms with E-state index in [0.717, 1.165) is 28.6 Å². The van der Waals surface area contributed by atoms with Gasteiger partial charge in [-0.25, -0.2) is 0 Å².